The van der Waals surface area contributed by atoms with Crippen molar-refractivity contribution < 1.29 is 49.1 Å². The molecule has 0 aliphatic carbocycles. The Balaban J connectivity index is 3.36. The topological polar surface area (TPSA) is 185 Å². The second-order valence-corrected chi connectivity index (χ2v) is 6.48. The van der Waals surface area contributed by atoms with Crippen LogP contribution in [0.15, 0.2) is 0 Å². The smallest absolute Gasteiger partial charge is 0.317 e. The van der Waals surface area contributed by atoms with E-state index in [0.29, 0.717) is 0 Å². The largest absolute Gasteiger partial charge is 0.480 e. The van der Waals surface area contributed by atoms with E-state index in [1.54, 1.807) is 0 Å². The maximum atomic E-state index is 11.3. The van der Waals surface area contributed by atoms with Crippen molar-refractivity contribution >= 4 is 30.3 Å². The lowest BCUT2D eigenvalue weighted by Crippen LogP contribution is -2.64. The van der Waals surface area contributed by atoms with Gasteiger partial charge in [0.05, 0.1) is 31.7 Å². The molecule has 0 aromatic heterocycles. The van der Waals surface area contributed by atoms with Crippen LogP contribution in [0.3, 0.4) is 0 Å². The zero-order valence-electron chi connectivity index (χ0n) is 15.0. The highest BCUT2D eigenvalue weighted by molar-refractivity contribution is 5.73. The van der Waals surface area contributed by atoms with E-state index in [-0.39, 0.29) is 32.7 Å². The van der Waals surface area contributed by atoms with E-state index in [1.165, 1.54) is 9.80 Å². The number of hydrogen-bond donors (Lipinski definition) is 4. The van der Waals surface area contributed by atoms with Crippen LogP contribution in [0.5, 0.6) is 0 Å². The van der Waals surface area contributed by atoms with Crippen molar-refractivity contribution in [2.45, 2.75) is 5.54 Å². The van der Waals surface area contributed by atoms with E-state index in [4.69, 9.17) is 14.9 Å². The number of carbonyl (C=O) groups is 5. The summed E-state index contributed by atoms with van der Waals surface area (Å²) in [5.41, 5.74) is -1.45. The SMILES string of the molecule is O=COCC1(N(CC(=O)O)CC(=O)O)CN(CC(=O)O)CCN(CC(=O)O)C1. The fourth-order valence-electron chi connectivity index (χ4n) is 3.27. The first-order valence-electron chi connectivity index (χ1n) is 8.20. The molecule has 0 aromatic rings. The summed E-state index contributed by atoms with van der Waals surface area (Å²) in [6.45, 7) is -2.62. The minimum absolute atomic E-state index is 0.107. The second-order valence-electron chi connectivity index (χ2n) is 6.48. The summed E-state index contributed by atoms with van der Waals surface area (Å²) in [5, 5.41) is 36.6. The van der Waals surface area contributed by atoms with E-state index in [9.17, 15) is 34.2 Å². The zero-order chi connectivity index (χ0) is 21.3. The average molecular weight is 405 g/mol. The van der Waals surface area contributed by atoms with Gasteiger partial charge in [-0.2, -0.15) is 0 Å². The maximum absolute atomic E-state index is 11.3. The van der Waals surface area contributed by atoms with Crippen LogP contribution >= 0.6 is 0 Å². The molecule has 28 heavy (non-hydrogen) atoms. The van der Waals surface area contributed by atoms with Crippen LogP contribution in [0.4, 0.5) is 0 Å². The third-order valence-electron chi connectivity index (χ3n) is 4.23. The van der Waals surface area contributed by atoms with Gasteiger partial charge in [0.1, 0.15) is 6.61 Å². The summed E-state index contributed by atoms with van der Waals surface area (Å²) < 4.78 is 4.83. The molecule has 1 saturated heterocycles. The van der Waals surface area contributed by atoms with E-state index in [0.717, 1.165) is 4.90 Å². The first-order valence-corrected chi connectivity index (χ1v) is 8.20. The molecule has 0 atom stereocenters. The van der Waals surface area contributed by atoms with Gasteiger partial charge in [-0.25, -0.2) is 0 Å². The normalized spacial score (nSPS) is 17.6. The number of carboxylic acid groups (broad SMARTS) is 4. The van der Waals surface area contributed by atoms with Gasteiger partial charge in [-0.15, -0.1) is 0 Å². The molecule has 0 unspecified atom stereocenters. The fraction of sp³-hybridized carbons (Fsp3) is 0.667. The van der Waals surface area contributed by atoms with Crippen molar-refractivity contribution in [3.8, 4) is 0 Å². The number of aliphatic carboxylic acids is 4. The molecule has 1 aliphatic rings. The molecule has 0 saturated carbocycles. The molecule has 13 nitrogen and oxygen atoms in total. The minimum atomic E-state index is -1.45. The first-order chi connectivity index (χ1) is 13.1. The number of nitrogens with zero attached hydrogens (tertiary/aromatic N) is 3. The third-order valence-corrected chi connectivity index (χ3v) is 4.23. The molecular formula is C15H23N3O10. The molecule has 1 rings (SSSR count). The summed E-state index contributed by atoms with van der Waals surface area (Å²) in [4.78, 5) is 59.6. The Labute approximate surface area is 159 Å². The highest BCUT2D eigenvalue weighted by Crippen LogP contribution is 2.23. The van der Waals surface area contributed by atoms with Crippen LogP contribution < -0.4 is 0 Å². The van der Waals surface area contributed by atoms with Crippen molar-refractivity contribution in [3.63, 3.8) is 0 Å². The molecule has 0 spiro atoms. The standard InChI is InChI=1S/C15H23N3O10/c19-10-28-9-15(18(5-13(24)25)6-14(26)27)7-16(3-11(20)21)1-2-17(8-15)4-12(22)23/h10H,1-9H2,(H,20,21)(H,22,23)(H,24,25)(H,26,27). The Bertz CT molecular complexity index is 569. The predicted molar refractivity (Wildman–Crippen MR) is 89.7 cm³/mol. The number of ether oxygens (including phenoxy) is 1. The number of carboxylic acids is 4. The van der Waals surface area contributed by atoms with Crippen molar-refractivity contribution in [2.75, 3.05) is 59.0 Å². The van der Waals surface area contributed by atoms with Gasteiger partial charge in [0.15, 0.2) is 0 Å². The Kier molecular flexibility index (Phi) is 8.76. The number of hydrogen-bond acceptors (Lipinski definition) is 9. The molecule has 4 N–H and O–H groups in total. The Hall–Kier alpha value is -2.77. The van der Waals surface area contributed by atoms with Crippen molar-refractivity contribution in [1.82, 2.24) is 14.7 Å². The van der Waals surface area contributed by atoms with Crippen molar-refractivity contribution in [2.24, 2.45) is 0 Å². The van der Waals surface area contributed by atoms with Gasteiger partial charge in [0.25, 0.3) is 6.47 Å². The average Bonchev–Trinajstić information content (AvgIpc) is 2.71. The predicted octanol–water partition coefficient (Wildman–Crippen LogP) is -2.84. The lowest BCUT2D eigenvalue weighted by molar-refractivity contribution is -0.151. The number of carbonyl (C=O) groups excluding carboxylic acids is 1. The molecule has 0 aromatic carbocycles. The molecular weight excluding hydrogens is 382 g/mol. The van der Waals surface area contributed by atoms with Crippen LogP contribution in [-0.4, -0.2) is 130 Å². The summed E-state index contributed by atoms with van der Waals surface area (Å²) in [6.07, 6.45) is 0. The molecule has 0 bridgehead atoms. The number of rotatable bonds is 12. The van der Waals surface area contributed by atoms with Crippen LogP contribution in [0.1, 0.15) is 0 Å². The zero-order valence-corrected chi connectivity index (χ0v) is 15.0. The highest BCUT2D eigenvalue weighted by atomic mass is 16.5. The Morgan fingerprint density at radius 2 is 1.29 bits per heavy atom. The van der Waals surface area contributed by atoms with Crippen LogP contribution in [-0.2, 0) is 28.7 Å². The molecule has 0 amide bonds. The quantitative estimate of drug-likeness (QED) is 0.243. The van der Waals surface area contributed by atoms with Crippen LogP contribution in [0, 0.1) is 0 Å². The van der Waals surface area contributed by atoms with E-state index < -0.39 is 62.2 Å². The second kappa shape index (κ2) is 10.5. The Morgan fingerprint density at radius 1 is 0.857 bits per heavy atom. The lowest BCUT2D eigenvalue weighted by atomic mass is 9.96. The third kappa shape index (κ3) is 7.46. The van der Waals surface area contributed by atoms with Gasteiger partial charge in [-0.05, 0) is 0 Å². The summed E-state index contributed by atoms with van der Waals surface area (Å²) in [5.74, 6) is -5.02. The highest BCUT2D eigenvalue weighted by Gasteiger charge is 2.44. The molecule has 1 aliphatic heterocycles. The van der Waals surface area contributed by atoms with Crippen LogP contribution in [0.25, 0.3) is 0 Å². The fourth-order valence-corrected chi connectivity index (χ4v) is 3.27. The molecule has 13 heteroatoms. The molecule has 1 heterocycles. The minimum Gasteiger partial charge on any atom is -0.480 e. The molecule has 0 radical (unpaired) electrons. The van der Waals surface area contributed by atoms with Gasteiger partial charge in [-0.3, -0.25) is 38.7 Å². The monoisotopic (exact) mass is 405 g/mol. The Morgan fingerprint density at radius 3 is 1.61 bits per heavy atom. The first kappa shape index (κ1) is 23.3. The van der Waals surface area contributed by atoms with Gasteiger partial charge >= 0.3 is 23.9 Å². The van der Waals surface area contributed by atoms with Crippen LogP contribution in [0.2, 0.25) is 0 Å². The van der Waals surface area contributed by atoms with E-state index in [1.807, 2.05) is 0 Å². The van der Waals surface area contributed by atoms with Crippen molar-refractivity contribution in [1.29, 1.82) is 0 Å². The lowest BCUT2D eigenvalue weighted by Gasteiger charge is -2.44. The van der Waals surface area contributed by atoms with Gasteiger partial charge in [0, 0.05) is 26.2 Å². The van der Waals surface area contributed by atoms with E-state index in [2.05, 4.69) is 0 Å². The van der Waals surface area contributed by atoms with Crippen molar-refractivity contribution in [3.05, 3.63) is 0 Å². The van der Waals surface area contributed by atoms with Gasteiger partial charge in [-0.1, -0.05) is 0 Å². The molecule has 158 valence electrons. The summed E-state index contributed by atoms with van der Waals surface area (Å²) in [6, 6.07) is 0. The van der Waals surface area contributed by atoms with Gasteiger partial charge in [0.2, 0.25) is 0 Å². The molecule has 1 fully saturated rings. The van der Waals surface area contributed by atoms with Gasteiger partial charge < -0.3 is 25.2 Å². The summed E-state index contributed by atoms with van der Waals surface area (Å²) in [7, 11) is 0. The summed E-state index contributed by atoms with van der Waals surface area (Å²) >= 11 is 0. The van der Waals surface area contributed by atoms with E-state index >= 15 is 0 Å². The maximum Gasteiger partial charge on any atom is 0.317 e.